The number of aliphatic imine (C=N–C) groups is 1. The number of nitrogens with one attached hydrogen (secondary N) is 2. The van der Waals surface area contributed by atoms with E-state index in [1.807, 2.05) is 54.7 Å². The fourth-order valence-corrected chi connectivity index (χ4v) is 3.91. The summed E-state index contributed by atoms with van der Waals surface area (Å²) in [6, 6.07) is -0.189. The Bertz CT molecular complexity index is 717. The quantitative estimate of drug-likeness (QED) is 0.346. The molecule has 10 heteroatoms. The highest BCUT2D eigenvalue weighted by Gasteiger charge is 2.49. The SMILES string of the molecule is CN=C(NCc1ncc(C)s1)NCC1C(C)OC(C)(C)N1C(=O)OC(C)(C)C.I. The molecule has 166 valence electrons. The van der Waals surface area contributed by atoms with Crippen molar-refractivity contribution in [1.29, 1.82) is 0 Å². The molecule has 2 atom stereocenters. The number of halogens is 1. The molecule has 1 aromatic heterocycles. The van der Waals surface area contributed by atoms with Crippen LogP contribution in [0, 0.1) is 6.92 Å². The molecule has 1 saturated heterocycles. The maximum atomic E-state index is 12.8. The average molecular weight is 539 g/mol. The summed E-state index contributed by atoms with van der Waals surface area (Å²) in [6.07, 6.45) is 1.33. The van der Waals surface area contributed by atoms with Gasteiger partial charge in [-0.3, -0.25) is 9.89 Å². The van der Waals surface area contributed by atoms with Crippen molar-refractivity contribution in [1.82, 2.24) is 20.5 Å². The zero-order chi connectivity index (χ0) is 21.1. The van der Waals surface area contributed by atoms with Crippen molar-refractivity contribution < 1.29 is 14.3 Å². The van der Waals surface area contributed by atoms with Gasteiger partial charge < -0.3 is 20.1 Å². The number of guanidine groups is 1. The number of thiazole rings is 1. The van der Waals surface area contributed by atoms with Crippen molar-refractivity contribution in [2.75, 3.05) is 13.6 Å². The summed E-state index contributed by atoms with van der Waals surface area (Å²) < 4.78 is 11.6. The lowest BCUT2D eigenvalue weighted by atomic mass is 10.1. The second-order valence-electron chi connectivity index (χ2n) is 8.36. The van der Waals surface area contributed by atoms with Gasteiger partial charge in [0, 0.05) is 24.7 Å². The highest BCUT2D eigenvalue weighted by atomic mass is 127. The van der Waals surface area contributed by atoms with E-state index < -0.39 is 11.3 Å². The number of hydrogen-bond acceptors (Lipinski definition) is 6. The van der Waals surface area contributed by atoms with Crippen LogP contribution in [0.25, 0.3) is 0 Å². The molecule has 8 nitrogen and oxygen atoms in total. The van der Waals surface area contributed by atoms with Gasteiger partial charge >= 0.3 is 6.09 Å². The molecule has 2 N–H and O–H groups in total. The molecule has 0 aromatic carbocycles. The molecule has 2 unspecified atom stereocenters. The summed E-state index contributed by atoms with van der Waals surface area (Å²) in [5.41, 5.74) is -1.32. The molecule has 1 amide bonds. The second kappa shape index (κ2) is 10.3. The van der Waals surface area contributed by atoms with Gasteiger partial charge in [-0.05, 0) is 48.5 Å². The van der Waals surface area contributed by atoms with Crippen molar-refractivity contribution in [3.8, 4) is 0 Å². The molecule has 0 radical (unpaired) electrons. The molecule has 0 spiro atoms. The van der Waals surface area contributed by atoms with Crippen LogP contribution in [0.15, 0.2) is 11.2 Å². The fraction of sp³-hybridized carbons (Fsp3) is 0.737. The molecule has 0 aliphatic carbocycles. The normalized spacial score (nSPS) is 21.5. The van der Waals surface area contributed by atoms with Crippen LogP contribution < -0.4 is 10.6 Å². The summed E-state index contributed by atoms with van der Waals surface area (Å²) >= 11 is 1.65. The van der Waals surface area contributed by atoms with E-state index in [-0.39, 0.29) is 42.2 Å². The lowest BCUT2D eigenvalue weighted by Crippen LogP contribution is -2.54. The molecular formula is C19H34IN5O3S. The lowest BCUT2D eigenvalue weighted by molar-refractivity contribution is -0.0755. The number of aryl methyl sites for hydroxylation is 1. The van der Waals surface area contributed by atoms with Crippen LogP contribution in [-0.4, -0.2) is 59.0 Å². The summed E-state index contributed by atoms with van der Waals surface area (Å²) in [5, 5.41) is 7.54. The molecule has 0 saturated carbocycles. The Morgan fingerprint density at radius 3 is 2.59 bits per heavy atom. The first kappa shape index (κ1) is 25.9. The monoisotopic (exact) mass is 539 g/mol. The molecule has 29 heavy (non-hydrogen) atoms. The van der Waals surface area contributed by atoms with Crippen molar-refractivity contribution in [3.05, 3.63) is 16.1 Å². The van der Waals surface area contributed by atoms with E-state index in [1.165, 1.54) is 4.88 Å². The molecule has 1 aliphatic heterocycles. The van der Waals surface area contributed by atoms with Gasteiger partial charge in [0.15, 0.2) is 5.96 Å². The van der Waals surface area contributed by atoms with E-state index in [9.17, 15) is 4.79 Å². The summed E-state index contributed by atoms with van der Waals surface area (Å²) in [5.74, 6) is 0.647. The summed E-state index contributed by atoms with van der Waals surface area (Å²) in [7, 11) is 1.71. The molecule has 1 aliphatic rings. The van der Waals surface area contributed by atoms with Gasteiger partial charge in [-0.15, -0.1) is 35.3 Å². The Kier molecular flexibility index (Phi) is 9.15. The van der Waals surface area contributed by atoms with Crippen molar-refractivity contribution in [2.45, 2.75) is 78.5 Å². The smallest absolute Gasteiger partial charge is 0.412 e. The van der Waals surface area contributed by atoms with Gasteiger partial charge in [0.05, 0.1) is 18.7 Å². The first-order valence-corrected chi connectivity index (χ1v) is 10.3. The number of aromatic nitrogens is 1. The number of nitrogens with zero attached hydrogens (tertiary/aromatic N) is 3. The van der Waals surface area contributed by atoms with Gasteiger partial charge in [-0.25, -0.2) is 9.78 Å². The van der Waals surface area contributed by atoms with Gasteiger partial charge in [-0.2, -0.15) is 0 Å². The standard InChI is InChI=1S/C19H33N5O3S.HI/c1-12-9-21-15(28-12)11-23-16(20-8)22-10-14-13(2)26-19(6,7)24(14)17(25)27-18(3,4)5;/h9,13-14H,10-11H2,1-8H3,(H2,20,22,23);1H. The number of ether oxygens (including phenoxy) is 2. The molecule has 0 bridgehead atoms. The van der Waals surface area contributed by atoms with Gasteiger partial charge in [0.1, 0.15) is 16.3 Å². The van der Waals surface area contributed by atoms with Crippen LogP contribution in [0.4, 0.5) is 4.79 Å². The zero-order valence-electron chi connectivity index (χ0n) is 18.5. The fourth-order valence-electron chi connectivity index (χ4n) is 3.19. The van der Waals surface area contributed by atoms with Crippen LogP contribution in [0.2, 0.25) is 0 Å². The van der Waals surface area contributed by atoms with E-state index >= 15 is 0 Å². The number of amides is 1. The minimum atomic E-state index is -0.747. The zero-order valence-corrected chi connectivity index (χ0v) is 21.7. The van der Waals surface area contributed by atoms with Crippen molar-refractivity contribution >= 4 is 47.4 Å². The van der Waals surface area contributed by atoms with E-state index in [4.69, 9.17) is 9.47 Å². The first-order chi connectivity index (χ1) is 12.9. The predicted molar refractivity (Wildman–Crippen MR) is 127 cm³/mol. The summed E-state index contributed by atoms with van der Waals surface area (Å²) in [6.45, 7) is 14.4. The number of hydrogen-bond donors (Lipinski definition) is 2. The van der Waals surface area contributed by atoms with Crippen LogP contribution in [0.1, 0.15) is 51.4 Å². The van der Waals surface area contributed by atoms with Gasteiger partial charge in [-0.1, -0.05) is 0 Å². The van der Waals surface area contributed by atoms with Crippen LogP contribution in [0.3, 0.4) is 0 Å². The third-order valence-corrected chi connectivity index (χ3v) is 5.21. The number of carbonyl (C=O) groups excluding carboxylic acids is 1. The third-order valence-electron chi connectivity index (χ3n) is 4.30. The van der Waals surface area contributed by atoms with E-state index in [0.717, 1.165) is 5.01 Å². The second-order valence-corrected chi connectivity index (χ2v) is 9.68. The van der Waals surface area contributed by atoms with Crippen molar-refractivity contribution in [3.63, 3.8) is 0 Å². The topological polar surface area (TPSA) is 88.1 Å². The molecule has 1 aromatic rings. The average Bonchev–Trinajstić information content (AvgIpc) is 3.05. The van der Waals surface area contributed by atoms with E-state index in [1.54, 1.807) is 23.3 Å². The van der Waals surface area contributed by atoms with Crippen molar-refractivity contribution in [2.24, 2.45) is 4.99 Å². The molecule has 2 heterocycles. The van der Waals surface area contributed by atoms with E-state index in [2.05, 4.69) is 20.6 Å². The van der Waals surface area contributed by atoms with Crippen LogP contribution in [0.5, 0.6) is 0 Å². The number of rotatable bonds is 4. The third kappa shape index (κ3) is 7.25. The minimum Gasteiger partial charge on any atom is -0.444 e. The Morgan fingerprint density at radius 2 is 2.07 bits per heavy atom. The maximum Gasteiger partial charge on any atom is 0.412 e. The highest BCUT2D eigenvalue weighted by molar-refractivity contribution is 14.0. The minimum absolute atomic E-state index is 0. The first-order valence-electron chi connectivity index (χ1n) is 9.49. The van der Waals surface area contributed by atoms with Gasteiger partial charge in [0.25, 0.3) is 0 Å². The Balaban J connectivity index is 0.00000420. The summed E-state index contributed by atoms with van der Waals surface area (Å²) in [4.78, 5) is 24.3. The Morgan fingerprint density at radius 1 is 1.41 bits per heavy atom. The molecule has 2 rings (SSSR count). The Hall–Kier alpha value is -1.14. The van der Waals surface area contributed by atoms with Crippen LogP contribution in [-0.2, 0) is 16.0 Å². The predicted octanol–water partition coefficient (Wildman–Crippen LogP) is 3.50. The Labute approximate surface area is 194 Å². The highest BCUT2D eigenvalue weighted by Crippen LogP contribution is 2.33. The largest absolute Gasteiger partial charge is 0.444 e. The van der Waals surface area contributed by atoms with E-state index in [0.29, 0.717) is 19.0 Å². The molecule has 1 fully saturated rings. The van der Waals surface area contributed by atoms with Gasteiger partial charge in [0.2, 0.25) is 0 Å². The molecular weight excluding hydrogens is 505 g/mol. The maximum absolute atomic E-state index is 12.8. The number of carbonyl (C=O) groups is 1. The van der Waals surface area contributed by atoms with Crippen LogP contribution >= 0.6 is 35.3 Å². The lowest BCUT2D eigenvalue weighted by Gasteiger charge is -2.35.